The number of nitrogens with zero attached hydrogens (tertiary/aromatic N) is 3. The number of carbonyl (C=O) groups excluding carboxylic acids is 1. The highest BCUT2D eigenvalue weighted by molar-refractivity contribution is 6.30. The van der Waals surface area contributed by atoms with E-state index in [1.54, 1.807) is 0 Å². The van der Waals surface area contributed by atoms with E-state index in [-0.39, 0.29) is 16.5 Å². The van der Waals surface area contributed by atoms with Crippen molar-refractivity contribution in [2.24, 2.45) is 5.10 Å². The lowest BCUT2D eigenvalue weighted by atomic mass is 10.3. The van der Waals surface area contributed by atoms with Gasteiger partial charge < -0.3 is 0 Å². The van der Waals surface area contributed by atoms with Gasteiger partial charge in [-0.3, -0.25) is 0 Å². The van der Waals surface area contributed by atoms with E-state index >= 15 is 0 Å². The summed E-state index contributed by atoms with van der Waals surface area (Å²) in [7, 11) is 0. The summed E-state index contributed by atoms with van der Waals surface area (Å²) in [6.07, 6.45) is 0. The van der Waals surface area contributed by atoms with Gasteiger partial charge in [0.15, 0.2) is 5.94 Å². The summed E-state index contributed by atoms with van der Waals surface area (Å²) in [5.74, 6) is -0.145. The molecule has 0 fully saturated rings. The predicted molar refractivity (Wildman–Crippen MR) is 64.0 cm³/mol. The Kier molecular flexibility index (Phi) is 3.50. The molecular formula is C11H7ClF3N3O. The Bertz CT molecular complexity index is 599. The number of hydrazone groups is 1. The number of alkyl halides is 2. The van der Waals surface area contributed by atoms with Crippen LogP contribution in [0.1, 0.15) is 6.92 Å². The van der Waals surface area contributed by atoms with Crippen LogP contribution in [0.25, 0.3) is 0 Å². The van der Waals surface area contributed by atoms with Crippen molar-refractivity contribution in [1.82, 2.24) is 4.90 Å². The van der Waals surface area contributed by atoms with E-state index < -0.39 is 18.2 Å². The van der Waals surface area contributed by atoms with Crippen LogP contribution >= 0.6 is 11.6 Å². The molecule has 0 N–H and O–H groups in total. The van der Waals surface area contributed by atoms with E-state index in [4.69, 9.17) is 11.6 Å². The Morgan fingerprint density at radius 2 is 2.11 bits per heavy atom. The van der Waals surface area contributed by atoms with Crippen molar-refractivity contribution >= 4 is 29.1 Å². The monoisotopic (exact) mass is 289 g/mol. The van der Waals surface area contributed by atoms with E-state index in [1.807, 2.05) is 0 Å². The van der Waals surface area contributed by atoms with E-state index in [0.717, 1.165) is 11.1 Å². The molecule has 100 valence electrons. The molecule has 0 bridgehead atoms. The van der Waals surface area contributed by atoms with E-state index in [1.165, 1.54) is 25.0 Å². The van der Waals surface area contributed by atoms with Gasteiger partial charge >= 0.3 is 6.55 Å². The van der Waals surface area contributed by atoms with Crippen LogP contribution in [-0.4, -0.2) is 23.2 Å². The summed E-state index contributed by atoms with van der Waals surface area (Å²) in [5.41, 5.74) is -0.201. The number of benzene rings is 1. The first-order chi connectivity index (χ1) is 8.95. The molecule has 0 saturated carbocycles. The molecule has 0 spiro atoms. The van der Waals surface area contributed by atoms with Crippen molar-refractivity contribution in [3.63, 3.8) is 0 Å². The van der Waals surface area contributed by atoms with Gasteiger partial charge in [0.05, 0.1) is 0 Å². The highest BCUT2D eigenvalue weighted by Crippen LogP contribution is 2.32. The van der Waals surface area contributed by atoms with Gasteiger partial charge in [0.1, 0.15) is 17.3 Å². The maximum Gasteiger partial charge on any atom is 0.322 e. The minimum Gasteiger partial charge on any atom is -0.245 e. The summed E-state index contributed by atoms with van der Waals surface area (Å²) in [6, 6.07) is 3.53. The zero-order valence-electron chi connectivity index (χ0n) is 9.57. The summed E-state index contributed by atoms with van der Waals surface area (Å²) in [6.45, 7) is -1.71. The minimum atomic E-state index is -2.98. The average Bonchev–Trinajstić information content (AvgIpc) is 2.69. The number of halogens is 4. The third-order valence-electron chi connectivity index (χ3n) is 2.45. The molecule has 1 heterocycles. The Morgan fingerprint density at radius 3 is 2.68 bits per heavy atom. The number of amidine groups is 1. The fraction of sp³-hybridized carbons (Fsp3) is 0.182. The molecule has 2 rings (SSSR count). The predicted octanol–water partition coefficient (Wildman–Crippen LogP) is 2.83. The molecule has 8 heteroatoms. The van der Waals surface area contributed by atoms with Gasteiger partial charge in [0, 0.05) is 5.02 Å². The number of hydrogen-bond acceptors (Lipinski definition) is 4. The van der Waals surface area contributed by atoms with Crippen LogP contribution in [0.5, 0.6) is 0 Å². The van der Waals surface area contributed by atoms with Crippen LogP contribution in [0.3, 0.4) is 0 Å². The van der Waals surface area contributed by atoms with Gasteiger partial charge in [0.25, 0.3) is 0 Å². The van der Waals surface area contributed by atoms with Gasteiger partial charge in [-0.25, -0.2) is 19.1 Å². The molecule has 0 saturated heterocycles. The lowest BCUT2D eigenvalue weighted by Gasteiger charge is -2.20. The molecule has 1 aliphatic rings. The summed E-state index contributed by atoms with van der Waals surface area (Å²) >= 11 is 5.71. The SMILES string of the molecule is CC1=NN(c2cc(Cl)ccc2F)C(=C=O)N1C(F)F. The first-order valence-corrected chi connectivity index (χ1v) is 5.46. The molecule has 19 heavy (non-hydrogen) atoms. The second kappa shape index (κ2) is 4.95. The van der Waals surface area contributed by atoms with Crippen LogP contribution < -0.4 is 5.01 Å². The number of rotatable bonds is 2. The fourth-order valence-corrected chi connectivity index (χ4v) is 1.80. The van der Waals surface area contributed by atoms with Crippen LogP contribution in [0.15, 0.2) is 29.1 Å². The second-order valence-corrected chi connectivity index (χ2v) is 4.06. The third-order valence-corrected chi connectivity index (χ3v) is 2.68. The van der Waals surface area contributed by atoms with Crippen molar-refractivity contribution in [3.05, 3.63) is 34.9 Å². The van der Waals surface area contributed by atoms with Crippen molar-refractivity contribution in [2.45, 2.75) is 13.5 Å². The minimum absolute atomic E-state index is 0.146. The van der Waals surface area contributed by atoms with Gasteiger partial charge in [0.2, 0.25) is 5.82 Å². The van der Waals surface area contributed by atoms with Crippen molar-refractivity contribution < 1.29 is 18.0 Å². The Balaban J connectivity index is 2.52. The summed E-state index contributed by atoms with van der Waals surface area (Å²) in [4.78, 5) is 11.2. The Morgan fingerprint density at radius 1 is 1.42 bits per heavy atom. The molecule has 0 unspecified atom stereocenters. The topological polar surface area (TPSA) is 35.9 Å². The Hall–Kier alpha value is -1.98. The maximum atomic E-state index is 13.7. The first-order valence-electron chi connectivity index (χ1n) is 5.08. The lowest BCUT2D eigenvalue weighted by molar-refractivity contribution is 0.0448. The average molecular weight is 290 g/mol. The second-order valence-electron chi connectivity index (χ2n) is 3.63. The number of hydrogen-bond donors (Lipinski definition) is 0. The van der Waals surface area contributed by atoms with Crippen LogP contribution in [0, 0.1) is 5.82 Å². The molecule has 0 aromatic heterocycles. The fourth-order valence-electron chi connectivity index (χ4n) is 1.64. The van der Waals surface area contributed by atoms with Gasteiger partial charge in [-0.15, -0.1) is 0 Å². The van der Waals surface area contributed by atoms with E-state index in [9.17, 15) is 18.0 Å². The van der Waals surface area contributed by atoms with Crippen molar-refractivity contribution in [1.29, 1.82) is 0 Å². The molecule has 0 atom stereocenters. The maximum absolute atomic E-state index is 13.7. The quantitative estimate of drug-likeness (QED) is 0.620. The van der Waals surface area contributed by atoms with Gasteiger partial charge in [-0.2, -0.15) is 13.9 Å². The molecule has 0 radical (unpaired) electrons. The van der Waals surface area contributed by atoms with Crippen LogP contribution in [0.4, 0.5) is 18.9 Å². The van der Waals surface area contributed by atoms with Gasteiger partial charge in [-0.1, -0.05) is 11.6 Å². The zero-order valence-corrected chi connectivity index (χ0v) is 10.3. The summed E-state index contributed by atoms with van der Waals surface area (Å²) < 4.78 is 39.3. The normalized spacial score (nSPS) is 15.1. The zero-order chi connectivity index (χ0) is 14.2. The smallest absolute Gasteiger partial charge is 0.245 e. The molecule has 1 aromatic rings. The third kappa shape index (κ3) is 2.30. The largest absolute Gasteiger partial charge is 0.322 e. The van der Waals surface area contributed by atoms with Crippen molar-refractivity contribution in [2.75, 3.05) is 5.01 Å². The first kappa shape index (κ1) is 13.5. The van der Waals surface area contributed by atoms with Crippen molar-refractivity contribution in [3.8, 4) is 0 Å². The van der Waals surface area contributed by atoms with E-state index in [2.05, 4.69) is 5.10 Å². The molecule has 0 aliphatic carbocycles. The van der Waals surface area contributed by atoms with E-state index in [0.29, 0.717) is 4.90 Å². The molecular weight excluding hydrogens is 283 g/mol. The molecule has 0 amide bonds. The Labute approximate surface area is 111 Å². The highest BCUT2D eigenvalue weighted by atomic mass is 35.5. The number of anilines is 1. The van der Waals surface area contributed by atoms with Crippen LogP contribution in [-0.2, 0) is 4.79 Å². The standard InChI is InChI=1S/C11H7ClF3N3O/c1-6-16-18(10(5-19)17(6)11(14)15)9-4-7(12)2-3-8(9)13/h2-4,11H,1H3. The van der Waals surface area contributed by atoms with Crippen LogP contribution in [0.2, 0.25) is 5.02 Å². The molecule has 1 aromatic carbocycles. The molecule has 1 aliphatic heterocycles. The lowest BCUT2D eigenvalue weighted by Crippen LogP contribution is -2.32. The highest BCUT2D eigenvalue weighted by Gasteiger charge is 2.35. The molecule has 4 nitrogen and oxygen atoms in total. The van der Waals surface area contributed by atoms with Gasteiger partial charge in [-0.05, 0) is 25.1 Å². The summed E-state index contributed by atoms with van der Waals surface area (Å²) in [5, 5.41) is 4.64.